The number of aryl methyl sites for hydroxylation is 1. The molecule has 2 rings (SSSR count). The lowest BCUT2D eigenvalue weighted by molar-refractivity contribution is 0.00605. The fraction of sp³-hybridized carbons (Fsp3) is 0.500. The molecule has 142 valence electrons. The van der Waals surface area contributed by atoms with Crippen LogP contribution in [0.5, 0.6) is 0 Å². The molecule has 0 spiro atoms. The molecule has 0 saturated carbocycles. The predicted octanol–water partition coefficient (Wildman–Crippen LogP) is 3.86. The monoisotopic (exact) mass is 362 g/mol. The molecule has 1 aromatic rings. The van der Waals surface area contributed by atoms with E-state index in [-0.39, 0.29) is 17.5 Å². The van der Waals surface area contributed by atoms with Gasteiger partial charge >= 0.3 is 6.09 Å². The molecule has 0 radical (unpaired) electrons. The third-order valence-electron chi connectivity index (χ3n) is 4.30. The normalized spacial score (nSPS) is 17.8. The lowest BCUT2D eigenvalue weighted by Crippen LogP contribution is -2.56. The van der Waals surface area contributed by atoms with Gasteiger partial charge in [-0.05, 0) is 51.8 Å². The van der Waals surface area contributed by atoms with E-state index in [0.717, 1.165) is 0 Å². The van der Waals surface area contributed by atoms with Crippen molar-refractivity contribution in [1.29, 1.82) is 0 Å². The van der Waals surface area contributed by atoms with Gasteiger partial charge in [-0.1, -0.05) is 18.7 Å². The minimum Gasteiger partial charge on any atom is -0.444 e. The molecule has 5 nitrogen and oxygen atoms in total. The number of benzene rings is 1. The molecule has 2 amide bonds. The van der Waals surface area contributed by atoms with Gasteiger partial charge in [0.05, 0.1) is 5.56 Å². The highest BCUT2D eigenvalue weighted by molar-refractivity contribution is 5.96. The summed E-state index contributed by atoms with van der Waals surface area (Å²) in [6, 6.07) is 2.82. The van der Waals surface area contributed by atoms with Crippen molar-refractivity contribution in [1.82, 2.24) is 9.80 Å². The van der Waals surface area contributed by atoms with Crippen molar-refractivity contribution in [3.8, 4) is 0 Å². The van der Waals surface area contributed by atoms with Gasteiger partial charge in [-0.15, -0.1) is 0 Å². The standard InChI is InChI=1S/C20H27FN2O3/c1-7-15-10-13(2)17(16(21)11-15)18(24)23-9-8-22(12-14(23)3)19(25)26-20(4,5)6/h7,10-11,14H,1,8-9,12H2,2-6H3/t14-/m1/s1. The average molecular weight is 362 g/mol. The first-order valence-electron chi connectivity index (χ1n) is 8.75. The van der Waals surface area contributed by atoms with Gasteiger partial charge in [0.25, 0.3) is 5.91 Å². The highest BCUT2D eigenvalue weighted by atomic mass is 19.1. The first-order chi connectivity index (χ1) is 12.0. The van der Waals surface area contributed by atoms with Crippen LogP contribution in [0.3, 0.4) is 0 Å². The zero-order valence-corrected chi connectivity index (χ0v) is 16.1. The van der Waals surface area contributed by atoms with Gasteiger partial charge in [0, 0.05) is 25.7 Å². The number of piperazine rings is 1. The van der Waals surface area contributed by atoms with E-state index in [1.165, 1.54) is 6.07 Å². The van der Waals surface area contributed by atoms with Crippen molar-refractivity contribution < 1.29 is 18.7 Å². The molecular weight excluding hydrogens is 335 g/mol. The summed E-state index contributed by atoms with van der Waals surface area (Å²) >= 11 is 0. The largest absolute Gasteiger partial charge is 0.444 e. The van der Waals surface area contributed by atoms with Gasteiger partial charge in [-0.25, -0.2) is 9.18 Å². The maximum absolute atomic E-state index is 14.4. The van der Waals surface area contributed by atoms with E-state index in [1.807, 2.05) is 27.7 Å². The Kier molecular flexibility index (Phi) is 5.74. The van der Waals surface area contributed by atoms with Gasteiger partial charge in [0.1, 0.15) is 11.4 Å². The van der Waals surface area contributed by atoms with Crippen molar-refractivity contribution in [2.75, 3.05) is 19.6 Å². The number of nitrogens with zero attached hydrogens (tertiary/aromatic N) is 2. The van der Waals surface area contributed by atoms with Crippen LogP contribution < -0.4 is 0 Å². The summed E-state index contributed by atoms with van der Waals surface area (Å²) in [6.07, 6.45) is 1.15. The summed E-state index contributed by atoms with van der Waals surface area (Å²) in [7, 11) is 0. The maximum Gasteiger partial charge on any atom is 0.410 e. The molecule has 1 saturated heterocycles. The van der Waals surface area contributed by atoms with E-state index in [1.54, 1.807) is 28.9 Å². The van der Waals surface area contributed by atoms with Crippen LogP contribution in [-0.2, 0) is 4.74 Å². The molecule has 1 aliphatic heterocycles. The van der Waals surface area contributed by atoms with E-state index >= 15 is 0 Å². The van der Waals surface area contributed by atoms with E-state index in [2.05, 4.69) is 6.58 Å². The average Bonchev–Trinajstić information content (AvgIpc) is 2.52. The second kappa shape index (κ2) is 7.48. The lowest BCUT2D eigenvalue weighted by atomic mass is 10.0. The van der Waals surface area contributed by atoms with E-state index in [4.69, 9.17) is 4.74 Å². The Labute approximate surface area is 154 Å². The molecule has 1 atom stereocenters. The van der Waals surface area contributed by atoms with E-state index in [0.29, 0.717) is 30.8 Å². The summed E-state index contributed by atoms with van der Waals surface area (Å²) in [5.74, 6) is -0.904. The second-order valence-corrected chi connectivity index (χ2v) is 7.67. The predicted molar refractivity (Wildman–Crippen MR) is 99.5 cm³/mol. The molecule has 0 N–H and O–H groups in total. The Bertz CT molecular complexity index is 701. The molecule has 1 fully saturated rings. The smallest absolute Gasteiger partial charge is 0.410 e. The van der Waals surface area contributed by atoms with Crippen molar-refractivity contribution in [2.45, 2.75) is 46.3 Å². The number of carbonyl (C=O) groups excluding carboxylic acids is 2. The van der Waals surface area contributed by atoms with Gasteiger partial charge in [-0.2, -0.15) is 0 Å². The lowest BCUT2D eigenvalue weighted by Gasteiger charge is -2.40. The third-order valence-corrected chi connectivity index (χ3v) is 4.30. The van der Waals surface area contributed by atoms with Crippen molar-refractivity contribution in [3.05, 3.63) is 41.2 Å². The van der Waals surface area contributed by atoms with Crippen LogP contribution >= 0.6 is 0 Å². The molecule has 6 heteroatoms. The number of hydrogen-bond donors (Lipinski definition) is 0. The minimum absolute atomic E-state index is 0.0770. The molecule has 1 aromatic carbocycles. The Hall–Kier alpha value is -2.37. The summed E-state index contributed by atoms with van der Waals surface area (Å²) in [5, 5.41) is 0. The number of rotatable bonds is 2. The van der Waals surface area contributed by atoms with E-state index < -0.39 is 17.5 Å². The van der Waals surface area contributed by atoms with Gasteiger partial charge < -0.3 is 14.5 Å². The Balaban J connectivity index is 2.14. The second-order valence-electron chi connectivity index (χ2n) is 7.67. The number of carbonyl (C=O) groups is 2. The zero-order chi connectivity index (χ0) is 19.6. The van der Waals surface area contributed by atoms with Crippen LogP contribution in [-0.4, -0.2) is 53.1 Å². The number of amides is 2. The summed E-state index contributed by atoms with van der Waals surface area (Å²) in [4.78, 5) is 28.3. The Morgan fingerprint density at radius 2 is 1.96 bits per heavy atom. The first kappa shape index (κ1) is 19.9. The zero-order valence-electron chi connectivity index (χ0n) is 16.1. The van der Waals surface area contributed by atoms with Gasteiger partial charge in [-0.3, -0.25) is 4.79 Å². The minimum atomic E-state index is -0.569. The van der Waals surface area contributed by atoms with Crippen LogP contribution in [0.1, 0.15) is 49.2 Å². The number of hydrogen-bond acceptors (Lipinski definition) is 3. The molecule has 0 aromatic heterocycles. The third kappa shape index (κ3) is 4.42. The molecule has 1 aliphatic rings. The highest BCUT2D eigenvalue weighted by Crippen LogP contribution is 2.22. The number of ether oxygens (including phenoxy) is 1. The summed E-state index contributed by atoms with van der Waals surface area (Å²) in [6.45, 7) is 13.7. The highest BCUT2D eigenvalue weighted by Gasteiger charge is 2.33. The van der Waals surface area contributed by atoms with Crippen LogP contribution in [0.15, 0.2) is 18.7 Å². The SMILES string of the molecule is C=Cc1cc(C)c(C(=O)N2CCN(C(=O)OC(C)(C)C)C[C@H]2C)c(F)c1. The fourth-order valence-corrected chi connectivity index (χ4v) is 3.05. The summed E-state index contributed by atoms with van der Waals surface area (Å²) < 4.78 is 19.8. The molecule has 26 heavy (non-hydrogen) atoms. The topological polar surface area (TPSA) is 49.9 Å². The molecule has 0 unspecified atom stereocenters. The van der Waals surface area contributed by atoms with Crippen LogP contribution in [0.4, 0.5) is 9.18 Å². The molecular formula is C20H27FN2O3. The number of halogens is 1. The Morgan fingerprint density at radius 3 is 2.46 bits per heavy atom. The summed E-state index contributed by atoms with van der Waals surface area (Å²) in [5.41, 5.74) is 0.722. The van der Waals surface area contributed by atoms with Crippen molar-refractivity contribution in [2.24, 2.45) is 0 Å². The van der Waals surface area contributed by atoms with Crippen LogP contribution in [0, 0.1) is 12.7 Å². The molecule has 0 bridgehead atoms. The quantitative estimate of drug-likeness (QED) is 0.803. The fourth-order valence-electron chi connectivity index (χ4n) is 3.05. The van der Waals surface area contributed by atoms with Gasteiger partial charge in [0.15, 0.2) is 0 Å². The van der Waals surface area contributed by atoms with Crippen molar-refractivity contribution >= 4 is 18.1 Å². The molecule has 1 heterocycles. The van der Waals surface area contributed by atoms with Crippen molar-refractivity contribution in [3.63, 3.8) is 0 Å². The van der Waals surface area contributed by atoms with E-state index in [9.17, 15) is 14.0 Å². The van der Waals surface area contributed by atoms with Crippen LogP contribution in [0.2, 0.25) is 0 Å². The maximum atomic E-state index is 14.4. The van der Waals surface area contributed by atoms with Crippen LogP contribution in [0.25, 0.3) is 6.08 Å². The first-order valence-corrected chi connectivity index (χ1v) is 8.75. The Morgan fingerprint density at radius 1 is 1.31 bits per heavy atom. The van der Waals surface area contributed by atoms with Gasteiger partial charge in [0.2, 0.25) is 0 Å². The molecule has 0 aliphatic carbocycles.